The Hall–Kier alpha value is -1.93. The molecule has 0 saturated heterocycles. The van der Waals surface area contributed by atoms with Crippen molar-refractivity contribution in [1.29, 1.82) is 5.26 Å². The molecule has 1 N–H and O–H groups in total. The summed E-state index contributed by atoms with van der Waals surface area (Å²) < 4.78 is 13.8. The summed E-state index contributed by atoms with van der Waals surface area (Å²) in [6, 6.07) is 6.21. The van der Waals surface area contributed by atoms with Gasteiger partial charge in [0.15, 0.2) is 0 Å². The van der Waals surface area contributed by atoms with Crippen LogP contribution < -0.4 is 5.32 Å². The molecule has 1 aromatic carbocycles. The average Bonchev–Trinajstić information content (AvgIpc) is 2.46. The number of rotatable bonds is 7. The normalized spacial score (nSPS) is 10.1. The van der Waals surface area contributed by atoms with Gasteiger partial charge < -0.3 is 10.2 Å². The Kier molecular flexibility index (Phi) is 6.68. The number of likely N-dealkylation sites (N-methyl/N-ethyl adjacent to an activating group) is 1. The van der Waals surface area contributed by atoms with E-state index < -0.39 is 5.82 Å². The highest BCUT2D eigenvalue weighted by Gasteiger charge is 2.14. The van der Waals surface area contributed by atoms with Crippen molar-refractivity contribution in [2.45, 2.75) is 26.8 Å². The molecule has 0 aliphatic rings. The minimum absolute atomic E-state index is 0.0512. The maximum Gasteiger partial charge on any atom is 0.236 e. The molecule has 0 spiro atoms. The summed E-state index contributed by atoms with van der Waals surface area (Å²) in [6.07, 6.45) is 0.962. The molecule has 1 rings (SSSR count). The largest absolute Gasteiger partial charge is 0.337 e. The van der Waals surface area contributed by atoms with E-state index in [0.29, 0.717) is 12.1 Å². The molecule has 0 fully saturated rings. The quantitative estimate of drug-likeness (QED) is 0.776. The van der Waals surface area contributed by atoms with Crippen LogP contribution in [-0.4, -0.2) is 30.4 Å². The van der Waals surface area contributed by atoms with Crippen LogP contribution in [-0.2, 0) is 11.3 Å². The predicted octanol–water partition coefficient (Wildman–Crippen LogP) is 2.05. The smallest absolute Gasteiger partial charge is 0.236 e. The number of nitrogens with zero attached hydrogens (tertiary/aromatic N) is 2. The molecule has 4 nitrogen and oxygen atoms in total. The van der Waals surface area contributed by atoms with Crippen molar-refractivity contribution in [1.82, 2.24) is 10.2 Å². The molecule has 0 radical (unpaired) electrons. The zero-order valence-corrected chi connectivity index (χ0v) is 11.9. The van der Waals surface area contributed by atoms with Crippen molar-refractivity contribution in [3.05, 3.63) is 35.1 Å². The number of nitrogens with one attached hydrogen (secondary N) is 1. The van der Waals surface area contributed by atoms with E-state index in [1.165, 1.54) is 6.07 Å². The van der Waals surface area contributed by atoms with Gasteiger partial charge in [0.1, 0.15) is 5.82 Å². The van der Waals surface area contributed by atoms with Crippen LogP contribution in [0.1, 0.15) is 31.4 Å². The fourth-order valence-electron chi connectivity index (χ4n) is 1.81. The lowest BCUT2D eigenvalue weighted by molar-refractivity contribution is -0.130. The van der Waals surface area contributed by atoms with E-state index >= 15 is 0 Å². The number of carbonyl (C=O) groups is 1. The van der Waals surface area contributed by atoms with E-state index in [0.717, 1.165) is 13.0 Å². The third-order valence-corrected chi connectivity index (χ3v) is 2.98. The molecule has 108 valence electrons. The van der Waals surface area contributed by atoms with Crippen LogP contribution in [0.2, 0.25) is 0 Å². The second-order valence-electron chi connectivity index (χ2n) is 4.50. The van der Waals surface area contributed by atoms with E-state index in [1.54, 1.807) is 17.0 Å². The van der Waals surface area contributed by atoms with Crippen molar-refractivity contribution in [2.24, 2.45) is 0 Å². The van der Waals surface area contributed by atoms with Crippen LogP contribution in [0.3, 0.4) is 0 Å². The topological polar surface area (TPSA) is 56.1 Å². The molecule has 0 bridgehead atoms. The number of halogens is 1. The Morgan fingerprint density at radius 3 is 2.75 bits per heavy atom. The Morgan fingerprint density at radius 1 is 1.45 bits per heavy atom. The highest BCUT2D eigenvalue weighted by atomic mass is 19.1. The van der Waals surface area contributed by atoms with Gasteiger partial charge in [-0.05, 0) is 32.0 Å². The first-order valence-corrected chi connectivity index (χ1v) is 6.79. The van der Waals surface area contributed by atoms with Crippen LogP contribution in [0.4, 0.5) is 4.39 Å². The summed E-state index contributed by atoms with van der Waals surface area (Å²) in [5, 5.41) is 11.7. The monoisotopic (exact) mass is 277 g/mol. The number of nitriles is 1. The van der Waals surface area contributed by atoms with E-state index in [2.05, 4.69) is 5.32 Å². The van der Waals surface area contributed by atoms with Crippen LogP contribution in [0, 0.1) is 17.1 Å². The van der Waals surface area contributed by atoms with Crippen LogP contribution in [0.25, 0.3) is 0 Å². The second-order valence-corrected chi connectivity index (χ2v) is 4.50. The van der Waals surface area contributed by atoms with Gasteiger partial charge in [0.2, 0.25) is 5.91 Å². The molecule has 1 aromatic rings. The lowest BCUT2D eigenvalue weighted by atomic mass is 10.1. The molecule has 5 heteroatoms. The number of carbonyl (C=O) groups excluding carboxylic acids is 1. The Morgan fingerprint density at radius 2 is 2.20 bits per heavy atom. The third kappa shape index (κ3) is 4.63. The number of hydrogen-bond acceptors (Lipinski definition) is 3. The summed E-state index contributed by atoms with van der Waals surface area (Å²) in [5.41, 5.74) is 0.708. The fourth-order valence-corrected chi connectivity index (χ4v) is 1.81. The first-order chi connectivity index (χ1) is 9.62. The first-order valence-electron chi connectivity index (χ1n) is 6.79. The zero-order chi connectivity index (χ0) is 15.0. The van der Waals surface area contributed by atoms with Crippen LogP contribution in [0.5, 0.6) is 0 Å². The summed E-state index contributed by atoms with van der Waals surface area (Å²) >= 11 is 0. The van der Waals surface area contributed by atoms with Gasteiger partial charge in [0, 0.05) is 18.7 Å². The average molecular weight is 277 g/mol. The molecule has 0 aliphatic carbocycles. The van der Waals surface area contributed by atoms with Gasteiger partial charge in [0.05, 0.1) is 18.2 Å². The predicted molar refractivity (Wildman–Crippen MR) is 75.4 cm³/mol. The Bertz CT molecular complexity index is 496. The molecule has 0 saturated carbocycles. The summed E-state index contributed by atoms with van der Waals surface area (Å²) in [5.74, 6) is -0.499. The Balaban J connectivity index is 2.68. The van der Waals surface area contributed by atoms with Gasteiger partial charge in [-0.15, -0.1) is 0 Å². The summed E-state index contributed by atoms with van der Waals surface area (Å²) in [6.45, 7) is 5.68. The standard InChI is InChI=1S/C15H20FN3O/c1-3-7-18-10-15(20)19(4-2)11-13-6-5-12(9-17)8-14(13)16/h5-6,8,18H,3-4,7,10-11H2,1-2H3. The fraction of sp³-hybridized carbons (Fsp3) is 0.467. The van der Waals surface area contributed by atoms with Crippen LogP contribution in [0.15, 0.2) is 18.2 Å². The number of hydrogen-bond donors (Lipinski definition) is 1. The van der Waals surface area contributed by atoms with Crippen LogP contribution >= 0.6 is 0 Å². The SMILES string of the molecule is CCCNCC(=O)N(CC)Cc1ccc(C#N)cc1F. The lowest BCUT2D eigenvalue weighted by Crippen LogP contribution is -2.38. The highest BCUT2D eigenvalue weighted by Crippen LogP contribution is 2.12. The number of benzene rings is 1. The van der Waals surface area contributed by atoms with Crippen molar-refractivity contribution in [3.63, 3.8) is 0 Å². The lowest BCUT2D eigenvalue weighted by Gasteiger charge is -2.21. The van der Waals surface area contributed by atoms with E-state index in [9.17, 15) is 9.18 Å². The van der Waals surface area contributed by atoms with Gasteiger partial charge >= 0.3 is 0 Å². The molecule has 1 amide bonds. The third-order valence-electron chi connectivity index (χ3n) is 2.98. The number of amides is 1. The molecular formula is C15H20FN3O. The summed E-state index contributed by atoms with van der Waals surface area (Å²) in [7, 11) is 0. The van der Waals surface area contributed by atoms with Crippen molar-refractivity contribution < 1.29 is 9.18 Å². The van der Waals surface area contributed by atoms with E-state index in [1.807, 2.05) is 19.9 Å². The second kappa shape index (κ2) is 8.28. The molecule has 0 atom stereocenters. The molecule has 0 aliphatic heterocycles. The molecular weight excluding hydrogens is 257 g/mol. The van der Waals surface area contributed by atoms with Crippen molar-refractivity contribution in [2.75, 3.05) is 19.6 Å². The molecule has 20 heavy (non-hydrogen) atoms. The maximum absolute atomic E-state index is 13.8. The molecule has 0 unspecified atom stereocenters. The van der Waals surface area contributed by atoms with Gasteiger partial charge in [-0.1, -0.05) is 13.0 Å². The van der Waals surface area contributed by atoms with Gasteiger partial charge in [0.25, 0.3) is 0 Å². The Labute approximate surface area is 119 Å². The first kappa shape index (κ1) is 16.1. The zero-order valence-electron chi connectivity index (χ0n) is 11.9. The van der Waals surface area contributed by atoms with Crippen molar-refractivity contribution >= 4 is 5.91 Å². The van der Waals surface area contributed by atoms with Gasteiger partial charge in [-0.2, -0.15) is 5.26 Å². The molecule has 0 aromatic heterocycles. The van der Waals surface area contributed by atoms with Gasteiger partial charge in [-0.25, -0.2) is 4.39 Å². The molecule has 0 heterocycles. The van der Waals surface area contributed by atoms with E-state index in [-0.39, 0.29) is 24.6 Å². The highest BCUT2D eigenvalue weighted by molar-refractivity contribution is 5.78. The van der Waals surface area contributed by atoms with Crippen molar-refractivity contribution in [3.8, 4) is 6.07 Å². The minimum atomic E-state index is -0.447. The van der Waals surface area contributed by atoms with Gasteiger partial charge in [-0.3, -0.25) is 4.79 Å². The minimum Gasteiger partial charge on any atom is -0.337 e. The summed E-state index contributed by atoms with van der Waals surface area (Å²) in [4.78, 5) is 13.6. The van der Waals surface area contributed by atoms with E-state index in [4.69, 9.17) is 5.26 Å². The maximum atomic E-state index is 13.8.